The summed E-state index contributed by atoms with van der Waals surface area (Å²) in [5.41, 5.74) is 1.44. The number of aryl methyl sites for hydroxylation is 1. The summed E-state index contributed by atoms with van der Waals surface area (Å²) in [6, 6.07) is 0. The lowest BCUT2D eigenvalue weighted by atomic mass is 10.1. The Morgan fingerprint density at radius 3 is 2.83 bits per heavy atom. The number of anilines is 1. The quantitative estimate of drug-likeness (QED) is 0.776. The molecule has 23 heavy (non-hydrogen) atoms. The molecule has 0 aromatic carbocycles. The number of rotatable bonds is 6. The molecule has 1 fully saturated rings. The monoisotopic (exact) mass is 340 g/mol. The molecule has 128 valence electrons. The molecule has 1 aliphatic rings. The lowest BCUT2D eigenvalue weighted by Crippen LogP contribution is -2.40. The molecular weight excluding hydrogens is 316 g/mol. The van der Waals surface area contributed by atoms with Crippen LogP contribution < -0.4 is 10.6 Å². The van der Waals surface area contributed by atoms with E-state index in [1.807, 2.05) is 13.8 Å². The van der Waals surface area contributed by atoms with Gasteiger partial charge < -0.3 is 20.1 Å². The summed E-state index contributed by atoms with van der Waals surface area (Å²) in [5.74, 6) is -0.521. The van der Waals surface area contributed by atoms with Gasteiger partial charge in [0.2, 0.25) is 5.91 Å². The predicted octanol–water partition coefficient (Wildman–Crippen LogP) is 2.11. The first-order valence-electron chi connectivity index (χ1n) is 7.98. The molecule has 0 aliphatic carbocycles. The third-order valence-electron chi connectivity index (χ3n) is 3.71. The SMILES string of the molecule is CCOC(=O)c1c(NC(=O)CC2CNCCO2)sc(C)c1CC. The highest BCUT2D eigenvalue weighted by Crippen LogP contribution is 2.34. The zero-order valence-electron chi connectivity index (χ0n) is 13.9. The van der Waals surface area contributed by atoms with Gasteiger partial charge >= 0.3 is 5.97 Å². The third-order valence-corrected chi connectivity index (χ3v) is 4.78. The molecule has 7 heteroatoms. The minimum absolute atomic E-state index is 0.124. The fourth-order valence-electron chi connectivity index (χ4n) is 2.65. The highest BCUT2D eigenvalue weighted by atomic mass is 32.1. The summed E-state index contributed by atoms with van der Waals surface area (Å²) >= 11 is 1.42. The maximum atomic E-state index is 12.3. The van der Waals surface area contributed by atoms with Crippen LogP contribution in [0.4, 0.5) is 5.00 Å². The molecule has 1 unspecified atom stereocenters. The van der Waals surface area contributed by atoms with Gasteiger partial charge in [-0.25, -0.2) is 4.79 Å². The Morgan fingerprint density at radius 2 is 2.22 bits per heavy atom. The Bertz CT molecular complexity index is 565. The molecular formula is C16H24N2O4S. The van der Waals surface area contributed by atoms with Gasteiger partial charge in [0.1, 0.15) is 5.00 Å². The van der Waals surface area contributed by atoms with Crippen molar-refractivity contribution in [1.29, 1.82) is 0 Å². The van der Waals surface area contributed by atoms with Crippen LogP contribution in [0.25, 0.3) is 0 Å². The van der Waals surface area contributed by atoms with Crippen LogP contribution in [0.3, 0.4) is 0 Å². The molecule has 1 atom stereocenters. The van der Waals surface area contributed by atoms with Crippen molar-refractivity contribution >= 4 is 28.2 Å². The van der Waals surface area contributed by atoms with Crippen LogP contribution in [0.15, 0.2) is 0 Å². The molecule has 2 heterocycles. The Labute approximate surface area is 140 Å². The van der Waals surface area contributed by atoms with Crippen molar-refractivity contribution in [2.45, 2.75) is 39.7 Å². The van der Waals surface area contributed by atoms with E-state index in [1.165, 1.54) is 11.3 Å². The van der Waals surface area contributed by atoms with E-state index in [0.29, 0.717) is 30.3 Å². The summed E-state index contributed by atoms with van der Waals surface area (Å²) in [5, 5.41) is 6.64. The van der Waals surface area contributed by atoms with Crippen molar-refractivity contribution in [3.8, 4) is 0 Å². The van der Waals surface area contributed by atoms with Gasteiger partial charge in [0.15, 0.2) is 0 Å². The van der Waals surface area contributed by atoms with E-state index in [-0.39, 0.29) is 24.4 Å². The molecule has 6 nitrogen and oxygen atoms in total. The summed E-state index contributed by atoms with van der Waals surface area (Å²) in [6.45, 7) is 8.13. The van der Waals surface area contributed by atoms with Gasteiger partial charge in [0.25, 0.3) is 0 Å². The second-order valence-corrected chi connectivity index (χ2v) is 6.59. The first-order valence-corrected chi connectivity index (χ1v) is 8.80. The number of hydrogen-bond donors (Lipinski definition) is 2. The minimum Gasteiger partial charge on any atom is -0.462 e. The number of nitrogens with one attached hydrogen (secondary N) is 2. The average Bonchev–Trinajstić information content (AvgIpc) is 2.83. The number of amides is 1. The normalized spacial score (nSPS) is 17.8. The molecule has 1 aliphatic heterocycles. The number of hydrogen-bond acceptors (Lipinski definition) is 6. The van der Waals surface area contributed by atoms with E-state index in [0.717, 1.165) is 23.4 Å². The number of ether oxygens (including phenoxy) is 2. The number of carbonyl (C=O) groups excluding carboxylic acids is 2. The molecule has 0 bridgehead atoms. The van der Waals surface area contributed by atoms with Crippen LogP contribution in [-0.2, 0) is 20.7 Å². The van der Waals surface area contributed by atoms with E-state index in [9.17, 15) is 9.59 Å². The highest BCUT2D eigenvalue weighted by molar-refractivity contribution is 7.16. The fraction of sp³-hybridized carbons (Fsp3) is 0.625. The third kappa shape index (κ3) is 4.53. The molecule has 0 radical (unpaired) electrons. The van der Waals surface area contributed by atoms with Crippen molar-refractivity contribution in [3.05, 3.63) is 16.0 Å². The smallest absolute Gasteiger partial charge is 0.341 e. The molecule has 2 N–H and O–H groups in total. The summed E-state index contributed by atoms with van der Waals surface area (Å²) in [7, 11) is 0. The van der Waals surface area contributed by atoms with Gasteiger partial charge in [-0.05, 0) is 25.8 Å². The maximum Gasteiger partial charge on any atom is 0.341 e. The van der Waals surface area contributed by atoms with Crippen LogP contribution >= 0.6 is 11.3 Å². The molecule has 1 aromatic rings. The maximum absolute atomic E-state index is 12.3. The Balaban J connectivity index is 2.11. The number of thiophene rings is 1. The van der Waals surface area contributed by atoms with E-state index < -0.39 is 0 Å². The van der Waals surface area contributed by atoms with Crippen LogP contribution in [-0.4, -0.2) is 44.3 Å². The van der Waals surface area contributed by atoms with Crippen molar-refractivity contribution in [3.63, 3.8) is 0 Å². The standard InChI is InChI=1S/C16H24N2O4S/c1-4-12-10(3)23-15(14(12)16(20)21-5-2)18-13(19)8-11-9-17-6-7-22-11/h11,17H,4-9H2,1-3H3,(H,18,19). The second kappa shape index (κ2) is 8.42. The van der Waals surface area contributed by atoms with E-state index in [4.69, 9.17) is 9.47 Å². The van der Waals surface area contributed by atoms with Crippen LogP contribution in [0.2, 0.25) is 0 Å². The van der Waals surface area contributed by atoms with E-state index in [2.05, 4.69) is 10.6 Å². The molecule has 1 amide bonds. The van der Waals surface area contributed by atoms with Crippen LogP contribution in [0, 0.1) is 6.92 Å². The van der Waals surface area contributed by atoms with Gasteiger partial charge in [-0.15, -0.1) is 11.3 Å². The fourth-order valence-corrected chi connectivity index (χ4v) is 3.80. The lowest BCUT2D eigenvalue weighted by molar-refractivity contribution is -0.119. The highest BCUT2D eigenvalue weighted by Gasteiger charge is 2.24. The van der Waals surface area contributed by atoms with Gasteiger partial charge in [-0.3, -0.25) is 4.79 Å². The molecule has 0 saturated carbocycles. The second-order valence-electron chi connectivity index (χ2n) is 5.36. The van der Waals surface area contributed by atoms with E-state index >= 15 is 0 Å². The van der Waals surface area contributed by atoms with Crippen molar-refractivity contribution < 1.29 is 19.1 Å². The summed E-state index contributed by atoms with van der Waals surface area (Å²) in [4.78, 5) is 25.5. The molecule has 0 spiro atoms. The summed E-state index contributed by atoms with van der Waals surface area (Å²) in [6.07, 6.45) is 0.872. The number of esters is 1. The molecule has 1 saturated heterocycles. The van der Waals surface area contributed by atoms with Crippen molar-refractivity contribution in [2.24, 2.45) is 0 Å². The zero-order chi connectivity index (χ0) is 16.8. The zero-order valence-corrected chi connectivity index (χ0v) is 14.7. The van der Waals surface area contributed by atoms with E-state index in [1.54, 1.807) is 6.92 Å². The average molecular weight is 340 g/mol. The van der Waals surface area contributed by atoms with Crippen LogP contribution in [0.5, 0.6) is 0 Å². The summed E-state index contributed by atoms with van der Waals surface area (Å²) < 4.78 is 10.7. The van der Waals surface area contributed by atoms with Gasteiger partial charge in [-0.2, -0.15) is 0 Å². The van der Waals surface area contributed by atoms with Crippen LogP contribution in [0.1, 0.15) is 41.1 Å². The Kier molecular flexibility index (Phi) is 6.56. The lowest BCUT2D eigenvalue weighted by Gasteiger charge is -2.23. The largest absolute Gasteiger partial charge is 0.462 e. The topological polar surface area (TPSA) is 76.7 Å². The van der Waals surface area contributed by atoms with Gasteiger partial charge in [0.05, 0.1) is 31.3 Å². The first-order chi connectivity index (χ1) is 11.1. The predicted molar refractivity (Wildman–Crippen MR) is 90.2 cm³/mol. The Morgan fingerprint density at radius 1 is 1.43 bits per heavy atom. The first kappa shape index (κ1) is 17.9. The van der Waals surface area contributed by atoms with Gasteiger partial charge in [-0.1, -0.05) is 6.92 Å². The van der Waals surface area contributed by atoms with Crippen molar-refractivity contribution in [2.75, 3.05) is 31.6 Å². The molecule has 1 aromatic heterocycles. The van der Waals surface area contributed by atoms with Crippen molar-refractivity contribution in [1.82, 2.24) is 5.32 Å². The Hall–Kier alpha value is -1.44. The minimum atomic E-state index is -0.375. The number of morpholine rings is 1. The van der Waals surface area contributed by atoms with Gasteiger partial charge in [0, 0.05) is 18.0 Å². The number of carbonyl (C=O) groups is 2. The molecule has 2 rings (SSSR count).